The molecule has 4 nitrogen and oxygen atoms in total. The summed E-state index contributed by atoms with van der Waals surface area (Å²) in [5, 5.41) is 2.90. The average molecular weight is 287 g/mol. The van der Waals surface area contributed by atoms with Gasteiger partial charge in [-0.25, -0.2) is 0 Å². The molecule has 1 amide bonds. The second-order valence-electron chi connectivity index (χ2n) is 4.27. The van der Waals surface area contributed by atoms with Crippen LogP contribution in [0.15, 0.2) is 47.4 Å². The van der Waals surface area contributed by atoms with E-state index >= 15 is 0 Å². The van der Waals surface area contributed by atoms with E-state index in [1.165, 1.54) is 0 Å². The maximum Gasteiger partial charge on any atom is 0.255 e. The van der Waals surface area contributed by atoms with Crippen LogP contribution in [0.3, 0.4) is 0 Å². The molecule has 0 aliphatic carbocycles. The van der Waals surface area contributed by atoms with Gasteiger partial charge in [-0.2, -0.15) is 0 Å². The minimum Gasteiger partial charge on any atom is -0.399 e. The molecular weight excluding hydrogens is 270 g/mol. The van der Waals surface area contributed by atoms with Crippen LogP contribution >= 0.6 is 11.8 Å². The van der Waals surface area contributed by atoms with Crippen LogP contribution in [-0.4, -0.2) is 11.7 Å². The minimum absolute atomic E-state index is 0.215. The fourth-order valence-corrected chi connectivity index (χ4v) is 2.61. The number of hydrogen-bond donors (Lipinski definition) is 3. The molecule has 0 fully saturated rings. The molecule has 0 heterocycles. The van der Waals surface area contributed by atoms with Crippen LogP contribution in [-0.2, 0) is 0 Å². The molecule has 0 bridgehead atoms. The number of carbonyl (C=O) groups is 1. The first-order valence-electron chi connectivity index (χ1n) is 6.29. The van der Waals surface area contributed by atoms with Gasteiger partial charge < -0.3 is 16.8 Å². The number of anilines is 3. The number of nitrogens with two attached hydrogens (primary N) is 2. The van der Waals surface area contributed by atoms with Crippen molar-refractivity contribution in [2.24, 2.45) is 0 Å². The maximum absolute atomic E-state index is 12.2. The van der Waals surface area contributed by atoms with Gasteiger partial charge in [0.05, 0.1) is 5.69 Å². The van der Waals surface area contributed by atoms with E-state index in [0.29, 0.717) is 16.9 Å². The molecule has 0 spiro atoms. The van der Waals surface area contributed by atoms with Gasteiger partial charge in [0.2, 0.25) is 0 Å². The maximum atomic E-state index is 12.2. The Morgan fingerprint density at radius 2 is 1.80 bits per heavy atom. The lowest BCUT2D eigenvalue weighted by atomic mass is 10.1. The summed E-state index contributed by atoms with van der Waals surface area (Å²) in [4.78, 5) is 13.3. The molecule has 2 rings (SSSR count). The number of para-hydroxylation sites is 1. The van der Waals surface area contributed by atoms with Gasteiger partial charge in [-0.1, -0.05) is 19.1 Å². The Morgan fingerprint density at radius 3 is 2.45 bits per heavy atom. The molecule has 2 aromatic rings. The van der Waals surface area contributed by atoms with Gasteiger partial charge in [-0.3, -0.25) is 4.79 Å². The SMILES string of the molecule is CCSc1ccccc1NC(=O)c1cc(N)cc(N)c1. The summed E-state index contributed by atoms with van der Waals surface area (Å²) >= 11 is 1.68. The zero-order valence-electron chi connectivity index (χ0n) is 11.2. The Hall–Kier alpha value is -2.14. The molecule has 104 valence electrons. The van der Waals surface area contributed by atoms with Gasteiger partial charge in [-0.15, -0.1) is 11.8 Å². The highest BCUT2D eigenvalue weighted by molar-refractivity contribution is 7.99. The Bertz CT molecular complexity index is 608. The number of thioether (sulfide) groups is 1. The van der Waals surface area contributed by atoms with Gasteiger partial charge in [0, 0.05) is 21.8 Å². The van der Waals surface area contributed by atoms with Gasteiger partial charge in [-0.05, 0) is 36.1 Å². The molecule has 5 N–H and O–H groups in total. The van der Waals surface area contributed by atoms with E-state index in [2.05, 4.69) is 12.2 Å². The lowest BCUT2D eigenvalue weighted by molar-refractivity contribution is 0.102. The van der Waals surface area contributed by atoms with Gasteiger partial charge in [0.1, 0.15) is 0 Å². The number of amides is 1. The smallest absolute Gasteiger partial charge is 0.255 e. The number of hydrogen-bond acceptors (Lipinski definition) is 4. The topological polar surface area (TPSA) is 81.1 Å². The number of rotatable bonds is 4. The van der Waals surface area contributed by atoms with Crippen LogP contribution in [0.5, 0.6) is 0 Å². The molecule has 0 aromatic heterocycles. The highest BCUT2D eigenvalue weighted by Crippen LogP contribution is 2.27. The van der Waals surface area contributed by atoms with Crippen molar-refractivity contribution in [2.45, 2.75) is 11.8 Å². The van der Waals surface area contributed by atoms with Crippen molar-refractivity contribution in [3.8, 4) is 0 Å². The predicted octanol–water partition coefficient (Wildman–Crippen LogP) is 3.22. The van der Waals surface area contributed by atoms with E-state index in [0.717, 1.165) is 16.3 Å². The van der Waals surface area contributed by atoms with E-state index < -0.39 is 0 Å². The summed E-state index contributed by atoms with van der Waals surface area (Å²) in [7, 11) is 0. The summed E-state index contributed by atoms with van der Waals surface area (Å²) in [5.74, 6) is 0.728. The van der Waals surface area contributed by atoms with Gasteiger partial charge in [0.15, 0.2) is 0 Å². The summed E-state index contributed by atoms with van der Waals surface area (Å²) in [5.41, 5.74) is 13.6. The Kier molecular flexibility index (Phi) is 4.53. The lowest BCUT2D eigenvalue weighted by Crippen LogP contribution is -2.13. The molecule has 20 heavy (non-hydrogen) atoms. The minimum atomic E-state index is -0.215. The van der Waals surface area contributed by atoms with Crippen LogP contribution in [0.4, 0.5) is 17.1 Å². The first-order valence-corrected chi connectivity index (χ1v) is 7.28. The molecular formula is C15H17N3OS. The van der Waals surface area contributed by atoms with Crippen molar-refractivity contribution < 1.29 is 4.79 Å². The first kappa shape index (κ1) is 14.3. The van der Waals surface area contributed by atoms with Crippen molar-refractivity contribution in [2.75, 3.05) is 22.5 Å². The standard InChI is InChI=1S/C15H17N3OS/c1-2-20-14-6-4-3-5-13(14)18-15(19)10-7-11(16)9-12(17)8-10/h3-9H,2,16-17H2,1H3,(H,18,19). The summed E-state index contributed by atoms with van der Waals surface area (Å²) in [6.45, 7) is 2.07. The van der Waals surface area contributed by atoms with Crippen molar-refractivity contribution >= 4 is 34.7 Å². The molecule has 2 aromatic carbocycles. The number of benzene rings is 2. The highest BCUT2D eigenvalue weighted by atomic mass is 32.2. The molecule has 0 unspecified atom stereocenters. The molecule has 0 saturated carbocycles. The zero-order valence-corrected chi connectivity index (χ0v) is 12.0. The van der Waals surface area contributed by atoms with Crippen LogP contribution < -0.4 is 16.8 Å². The monoisotopic (exact) mass is 287 g/mol. The highest BCUT2D eigenvalue weighted by Gasteiger charge is 2.10. The van der Waals surface area contributed by atoms with Crippen LogP contribution in [0.1, 0.15) is 17.3 Å². The van der Waals surface area contributed by atoms with Crippen molar-refractivity contribution in [1.29, 1.82) is 0 Å². The Morgan fingerprint density at radius 1 is 1.15 bits per heavy atom. The Labute approximate surface area is 122 Å². The van der Waals surface area contributed by atoms with Crippen molar-refractivity contribution in [3.05, 3.63) is 48.0 Å². The second kappa shape index (κ2) is 6.34. The third kappa shape index (κ3) is 3.45. The van der Waals surface area contributed by atoms with Crippen LogP contribution in [0, 0.1) is 0 Å². The summed E-state index contributed by atoms with van der Waals surface area (Å²) in [6, 6.07) is 12.6. The van der Waals surface area contributed by atoms with E-state index in [-0.39, 0.29) is 5.91 Å². The second-order valence-corrected chi connectivity index (χ2v) is 5.58. The normalized spacial score (nSPS) is 10.2. The molecule has 0 atom stereocenters. The summed E-state index contributed by atoms with van der Waals surface area (Å²) in [6.07, 6.45) is 0. The van der Waals surface area contributed by atoms with Gasteiger partial charge >= 0.3 is 0 Å². The average Bonchev–Trinajstić information content (AvgIpc) is 2.40. The predicted molar refractivity (Wildman–Crippen MR) is 86.1 cm³/mol. The lowest BCUT2D eigenvalue weighted by Gasteiger charge is -2.10. The van der Waals surface area contributed by atoms with E-state index in [4.69, 9.17) is 11.5 Å². The van der Waals surface area contributed by atoms with Gasteiger partial charge in [0.25, 0.3) is 5.91 Å². The van der Waals surface area contributed by atoms with Crippen molar-refractivity contribution in [1.82, 2.24) is 0 Å². The summed E-state index contributed by atoms with van der Waals surface area (Å²) < 4.78 is 0. The molecule has 0 saturated heterocycles. The van der Waals surface area contributed by atoms with Crippen LogP contribution in [0.2, 0.25) is 0 Å². The van der Waals surface area contributed by atoms with E-state index in [9.17, 15) is 4.79 Å². The Balaban J connectivity index is 2.23. The fraction of sp³-hybridized carbons (Fsp3) is 0.133. The first-order chi connectivity index (χ1) is 9.60. The number of nitrogens with one attached hydrogen (secondary N) is 1. The van der Waals surface area contributed by atoms with Crippen LogP contribution in [0.25, 0.3) is 0 Å². The third-order valence-electron chi connectivity index (χ3n) is 2.67. The molecule has 0 radical (unpaired) electrons. The fourth-order valence-electron chi connectivity index (χ4n) is 1.85. The largest absolute Gasteiger partial charge is 0.399 e. The number of nitrogen functional groups attached to an aromatic ring is 2. The van der Waals surface area contributed by atoms with E-state index in [1.807, 2.05) is 24.3 Å². The third-order valence-corrected chi connectivity index (χ3v) is 3.63. The zero-order chi connectivity index (χ0) is 14.5. The molecule has 5 heteroatoms. The van der Waals surface area contributed by atoms with Crippen molar-refractivity contribution in [3.63, 3.8) is 0 Å². The molecule has 0 aliphatic heterocycles. The molecule has 0 aliphatic rings. The quantitative estimate of drug-likeness (QED) is 0.596. The number of carbonyl (C=O) groups excluding carboxylic acids is 1. The van der Waals surface area contributed by atoms with E-state index in [1.54, 1.807) is 30.0 Å².